The fourth-order valence-electron chi connectivity index (χ4n) is 4.78. The third-order valence-electron chi connectivity index (χ3n) is 6.15. The van der Waals surface area contributed by atoms with Gasteiger partial charge < -0.3 is 10.6 Å². The zero-order valence-corrected chi connectivity index (χ0v) is 16.9. The van der Waals surface area contributed by atoms with E-state index in [1.807, 2.05) is 31.2 Å². The van der Waals surface area contributed by atoms with Crippen molar-refractivity contribution in [2.24, 2.45) is 17.8 Å². The Hall–Kier alpha value is -2.66. The molecule has 0 radical (unpaired) electrons. The summed E-state index contributed by atoms with van der Waals surface area (Å²) >= 11 is 0. The van der Waals surface area contributed by atoms with Gasteiger partial charge in [0.25, 0.3) is 5.91 Å². The molecule has 1 saturated carbocycles. The summed E-state index contributed by atoms with van der Waals surface area (Å²) in [6.45, 7) is 5.93. The fourth-order valence-corrected chi connectivity index (χ4v) is 4.78. The van der Waals surface area contributed by atoms with Crippen LogP contribution in [-0.4, -0.2) is 36.3 Å². The lowest BCUT2D eigenvalue weighted by Crippen LogP contribution is -2.59. The van der Waals surface area contributed by atoms with Crippen LogP contribution in [0.4, 0.5) is 0 Å². The molecule has 2 aromatic carbocycles. The van der Waals surface area contributed by atoms with Gasteiger partial charge in [-0.1, -0.05) is 42.5 Å². The van der Waals surface area contributed by atoms with E-state index >= 15 is 0 Å². The molecule has 1 aliphatic carbocycles. The Bertz CT molecular complexity index is 855. The highest BCUT2D eigenvalue weighted by Crippen LogP contribution is 2.45. The first-order valence-corrected chi connectivity index (χ1v) is 10.5. The quantitative estimate of drug-likeness (QED) is 0.763. The summed E-state index contributed by atoms with van der Waals surface area (Å²) in [4.78, 5) is 27.3. The van der Waals surface area contributed by atoms with Gasteiger partial charge in [-0.05, 0) is 48.4 Å². The van der Waals surface area contributed by atoms with Crippen molar-refractivity contribution in [3.8, 4) is 0 Å². The number of amides is 2. The molecule has 2 aliphatic heterocycles. The summed E-state index contributed by atoms with van der Waals surface area (Å²) in [6.07, 6.45) is 1.16. The largest absolute Gasteiger partial charge is 0.352 e. The Morgan fingerprint density at radius 3 is 2.41 bits per heavy atom. The molecular weight excluding hydrogens is 362 g/mol. The summed E-state index contributed by atoms with van der Waals surface area (Å²) in [7, 11) is 0. The number of fused-ring (bicyclic) bond motifs is 2. The van der Waals surface area contributed by atoms with Gasteiger partial charge in [0.05, 0.1) is 0 Å². The molecule has 2 heterocycles. The molecule has 5 nitrogen and oxygen atoms in total. The smallest absolute Gasteiger partial charge is 0.251 e. The van der Waals surface area contributed by atoms with Crippen molar-refractivity contribution < 1.29 is 9.59 Å². The summed E-state index contributed by atoms with van der Waals surface area (Å²) < 4.78 is 0. The zero-order chi connectivity index (χ0) is 20.2. The van der Waals surface area contributed by atoms with Crippen LogP contribution < -0.4 is 10.6 Å². The third kappa shape index (κ3) is 4.51. The highest BCUT2D eigenvalue weighted by Gasteiger charge is 2.49. The van der Waals surface area contributed by atoms with Crippen LogP contribution in [0.25, 0.3) is 0 Å². The summed E-state index contributed by atoms with van der Waals surface area (Å²) in [5.41, 5.74) is 2.93. The van der Waals surface area contributed by atoms with E-state index in [0.29, 0.717) is 30.5 Å². The van der Waals surface area contributed by atoms with Crippen molar-refractivity contribution in [3.63, 3.8) is 0 Å². The van der Waals surface area contributed by atoms with Gasteiger partial charge in [0, 0.05) is 44.2 Å². The van der Waals surface area contributed by atoms with Crippen LogP contribution in [0.3, 0.4) is 0 Å². The van der Waals surface area contributed by atoms with Crippen molar-refractivity contribution in [1.82, 2.24) is 15.5 Å². The standard InChI is InChI=1S/C24H29N3O2/c1-2-25-23(28)19-10-6-9-18(11-19)13-26-24(29)22-20-12-21(22)16-27(15-20)14-17-7-4-3-5-8-17/h3-11,20-22H,2,12-16H2,1H3,(H,25,28)(H,26,29). The van der Waals surface area contributed by atoms with E-state index in [1.54, 1.807) is 6.07 Å². The van der Waals surface area contributed by atoms with Gasteiger partial charge in [0.1, 0.15) is 0 Å². The summed E-state index contributed by atoms with van der Waals surface area (Å²) in [5.74, 6) is 1.13. The van der Waals surface area contributed by atoms with Gasteiger partial charge >= 0.3 is 0 Å². The van der Waals surface area contributed by atoms with Crippen LogP contribution in [0, 0.1) is 17.8 Å². The van der Waals surface area contributed by atoms with Gasteiger partial charge in [-0.3, -0.25) is 14.5 Å². The molecule has 5 rings (SSSR count). The Labute approximate surface area is 172 Å². The monoisotopic (exact) mass is 391 g/mol. The predicted molar refractivity (Wildman–Crippen MR) is 113 cm³/mol. The molecule has 2 N–H and O–H groups in total. The molecule has 0 aromatic heterocycles. The molecule has 2 aromatic rings. The number of hydrogen-bond donors (Lipinski definition) is 2. The molecule has 3 fully saturated rings. The molecule has 152 valence electrons. The molecule has 2 unspecified atom stereocenters. The van der Waals surface area contributed by atoms with Crippen molar-refractivity contribution in [2.45, 2.75) is 26.4 Å². The molecule has 2 bridgehead atoms. The predicted octanol–water partition coefficient (Wildman–Crippen LogP) is 2.82. The Kier molecular flexibility index (Phi) is 5.95. The van der Waals surface area contributed by atoms with Crippen LogP contribution in [0.2, 0.25) is 0 Å². The molecule has 0 spiro atoms. The molecule has 5 heteroatoms. The van der Waals surface area contributed by atoms with E-state index in [9.17, 15) is 9.59 Å². The van der Waals surface area contributed by atoms with Crippen molar-refractivity contribution in [3.05, 3.63) is 71.3 Å². The van der Waals surface area contributed by atoms with Crippen LogP contribution in [0.15, 0.2) is 54.6 Å². The normalized spacial score (nSPS) is 23.1. The first-order valence-electron chi connectivity index (χ1n) is 10.5. The molecular formula is C24H29N3O2. The first kappa shape index (κ1) is 19.6. The fraction of sp³-hybridized carbons (Fsp3) is 0.417. The van der Waals surface area contributed by atoms with Gasteiger partial charge in [-0.15, -0.1) is 0 Å². The van der Waals surface area contributed by atoms with Gasteiger partial charge in [0.2, 0.25) is 5.91 Å². The minimum absolute atomic E-state index is 0.0762. The number of piperidine rings is 2. The average molecular weight is 392 g/mol. The molecule has 2 amide bonds. The molecule has 3 aliphatic rings. The SMILES string of the molecule is CCNC(=O)c1cccc(CNC(=O)C2C3CC2CN(Cc2ccccc2)C3)c1. The van der Waals surface area contributed by atoms with E-state index < -0.39 is 0 Å². The number of hydrogen-bond acceptors (Lipinski definition) is 3. The lowest BCUT2D eigenvalue weighted by molar-refractivity contribution is -0.142. The van der Waals surface area contributed by atoms with Crippen molar-refractivity contribution >= 4 is 11.8 Å². The van der Waals surface area contributed by atoms with E-state index in [4.69, 9.17) is 0 Å². The van der Waals surface area contributed by atoms with E-state index in [0.717, 1.165) is 31.6 Å². The first-order chi connectivity index (χ1) is 14.1. The van der Waals surface area contributed by atoms with Gasteiger partial charge in [0.15, 0.2) is 0 Å². The third-order valence-corrected chi connectivity index (χ3v) is 6.15. The number of benzene rings is 2. The number of carbonyl (C=O) groups is 2. The molecule has 29 heavy (non-hydrogen) atoms. The van der Waals surface area contributed by atoms with Crippen LogP contribution in [0.5, 0.6) is 0 Å². The van der Waals surface area contributed by atoms with Crippen molar-refractivity contribution in [1.29, 1.82) is 0 Å². The minimum atomic E-state index is -0.0762. The topological polar surface area (TPSA) is 61.4 Å². The number of rotatable bonds is 7. The Morgan fingerprint density at radius 1 is 0.966 bits per heavy atom. The summed E-state index contributed by atoms with van der Waals surface area (Å²) in [6, 6.07) is 18.0. The Morgan fingerprint density at radius 2 is 1.69 bits per heavy atom. The minimum Gasteiger partial charge on any atom is -0.352 e. The maximum Gasteiger partial charge on any atom is 0.251 e. The Balaban J connectivity index is 1.28. The maximum atomic E-state index is 12.8. The van der Waals surface area contributed by atoms with Crippen molar-refractivity contribution in [2.75, 3.05) is 19.6 Å². The van der Waals surface area contributed by atoms with Crippen LogP contribution >= 0.6 is 0 Å². The second-order valence-corrected chi connectivity index (χ2v) is 8.24. The number of nitrogens with zero attached hydrogens (tertiary/aromatic N) is 1. The molecule has 2 saturated heterocycles. The number of carbonyl (C=O) groups excluding carboxylic acids is 2. The highest BCUT2D eigenvalue weighted by atomic mass is 16.2. The maximum absolute atomic E-state index is 12.8. The lowest BCUT2D eigenvalue weighted by Gasteiger charge is -2.52. The average Bonchev–Trinajstić information content (AvgIpc) is 2.73. The zero-order valence-electron chi connectivity index (χ0n) is 16.9. The highest BCUT2D eigenvalue weighted by molar-refractivity contribution is 5.94. The van der Waals surface area contributed by atoms with E-state index in [-0.39, 0.29) is 17.7 Å². The second kappa shape index (κ2) is 8.78. The second-order valence-electron chi connectivity index (χ2n) is 8.24. The molecule has 2 atom stereocenters. The summed E-state index contributed by atoms with van der Waals surface area (Å²) in [5, 5.41) is 5.91. The van der Waals surface area contributed by atoms with Gasteiger partial charge in [-0.2, -0.15) is 0 Å². The van der Waals surface area contributed by atoms with Gasteiger partial charge in [-0.25, -0.2) is 0 Å². The van der Waals surface area contributed by atoms with Crippen LogP contribution in [-0.2, 0) is 17.9 Å². The van der Waals surface area contributed by atoms with E-state index in [2.05, 4.69) is 39.8 Å². The lowest BCUT2D eigenvalue weighted by atomic mass is 9.61. The number of nitrogens with one attached hydrogen (secondary N) is 2. The van der Waals surface area contributed by atoms with E-state index in [1.165, 1.54) is 5.56 Å². The van der Waals surface area contributed by atoms with Crippen LogP contribution in [0.1, 0.15) is 34.8 Å².